The van der Waals surface area contributed by atoms with Gasteiger partial charge in [-0.05, 0) is 50.5 Å². The zero-order valence-electron chi connectivity index (χ0n) is 13.2. The molecule has 0 fully saturated rings. The van der Waals surface area contributed by atoms with Crippen molar-refractivity contribution in [2.24, 2.45) is 11.7 Å². The van der Waals surface area contributed by atoms with Gasteiger partial charge in [0.05, 0.1) is 11.5 Å². The highest BCUT2D eigenvalue weighted by molar-refractivity contribution is 7.89. The molecule has 0 saturated heterocycles. The van der Waals surface area contributed by atoms with Crippen LogP contribution in [0.15, 0.2) is 29.2 Å². The number of nitrogens with one attached hydrogen (secondary N) is 1. The molecule has 1 unspecified atom stereocenters. The molecule has 0 aliphatic carbocycles. The fourth-order valence-electron chi connectivity index (χ4n) is 2.33. The molecule has 5 nitrogen and oxygen atoms in total. The highest BCUT2D eigenvalue weighted by atomic mass is 32.2. The Bertz CT molecular complexity index is 541. The van der Waals surface area contributed by atoms with Crippen molar-refractivity contribution in [3.05, 3.63) is 24.3 Å². The summed E-state index contributed by atoms with van der Waals surface area (Å²) in [6.07, 6.45) is 0.680. The first-order valence-corrected chi connectivity index (χ1v) is 8.67. The third-order valence-electron chi connectivity index (χ3n) is 3.14. The number of hydrogen-bond acceptors (Lipinski definition) is 4. The van der Waals surface area contributed by atoms with E-state index in [1.54, 1.807) is 24.3 Å². The summed E-state index contributed by atoms with van der Waals surface area (Å²) in [7, 11) is -3.59. The maximum atomic E-state index is 12.4. The van der Waals surface area contributed by atoms with Gasteiger partial charge in [-0.2, -0.15) is 0 Å². The minimum absolute atomic E-state index is 0.217. The molecule has 6 heteroatoms. The molecule has 0 amide bonds. The van der Waals surface area contributed by atoms with Gasteiger partial charge in [0.25, 0.3) is 0 Å². The van der Waals surface area contributed by atoms with Crippen LogP contribution < -0.4 is 15.2 Å². The molecular formula is C15H26N2O3S. The van der Waals surface area contributed by atoms with Gasteiger partial charge in [0, 0.05) is 12.1 Å². The van der Waals surface area contributed by atoms with Crippen LogP contribution in [-0.4, -0.2) is 27.1 Å². The summed E-state index contributed by atoms with van der Waals surface area (Å²) < 4.78 is 32.9. The maximum Gasteiger partial charge on any atom is 0.241 e. The van der Waals surface area contributed by atoms with Gasteiger partial charge in [-0.1, -0.05) is 13.8 Å². The first kappa shape index (κ1) is 17.9. The van der Waals surface area contributed by atoms with Crippen molar-refractivity contribution in [1.82, 2.24) is 4.72 Å². The molecule has 3 N–H and O–H groups in total. The highest BCUT2D eigenvalue weighted by Gasteiger charge is 2.30. The van der Waals surface area contributed by atoms with E-state index >= 15 is 0 Å². The van der Waals surface area contributed by atoms with Crippen LogP contribution in [0, 0.1) is 5.92 Å². The summed E-state index contributed by atoms with van der Waals surface area (Å²) in [4.78, 5) is 0.217. The third kappa shape index (κ3) is 5.30. The smallest absolute Gasteiger partial charge is 0.241 e. The topological polar surface area (TPSA) is 81.4 Å². The molecule has 0 aliphatic heterocycles. The van der Waals surface area contributed by atoms with Crippen molar-refractivity contribution in [2.45, 2.75) is 44.6 Å². The second kappa shape index (κ2) is 7.24. The molecule has 0 aromatic heterocycles. The lowest BCUT2D eigenvalue weighted by molar-refractivity contribution is 0.339. The average molecular weight is 314 g/mol. The van der Waals surface area contributed by atoms with Gasteiger partial charge in [0.2, 0.25) is 10.0 Å². The van der Waals surface area contributed by atoms with E-state index in [-0.39, 0.29) is 11.4 Å². The monoisotopic (exact) mass is 314 g/mol. The molecule has 1 aromatic rings. The minimum atomic E-state index is -3.59. The third-order valence-corrected chi connectivity index (χ3v) is 4.79. The van der Waals surface area contributed by atoms with Crippen LogP contribution in [0.2, 0.25) is 0 Å². The molecule has 1 aromatic carbocycles. The number of sulfonamides is 1. The lowest BCUT2D eigenvalue weighted by Gasteiger charge is -2.30. The average Bonchev–Trinajstić information content (AvgIpc) is 2.38. The van der Waals surface area contributed by atoms with Crippen LogP contribution in [-0.2, 0) is 10.0 Å². The number of nitrogens with two attached hydrogens (primary N) is 1. The molecule has 0 saturated carbocycles. The highest BCUT2D eigenvalue weighted by Crippen LogP contribution is 2.21. The fourth-order valence-corrected chi connectivity index (χ4v) is 3.76. The van der Waals surface area contributed by atoms with Crippen molar-refractivity contribution >= 4 is 10.0 Å². The maximum absolute atomic E-state index is 12.4. The van der Waals surface area contributed by atoms with Crippen LogP contribution >= 0.6 is 0 Å². The molecule has 0 bridgehead atoms. The number of hydrogen-bond donors (Lipinski definition) is 2. The Labute approximate surface area is 127 Å². The summed E-state index contributed by atoms with van der Waals surface area (Å²) >= 11 is 0. The minimum Gasteiger partial charge on any atom is -0.494 e. The molecule has 1 atom stereocenters. The lowest BCUT2D eigenvalue weighted by atomic mass is 9.92. The van der Waals surface area contributed by atoms with Crippen LogP contribution in [0.1, 0.15) is 34.1 Å². The molecule has 21 heavy (non-hydrogen) atoms. The van der Waals surface area contributed by atoms with Crippen LogP contribution in [0.3, 0.4) is 0 Å². The van der Waals surface area contributed by atoms with Crippen molar-refractivity contribution in [2.75, 3.05) is 13.2 Å². The molecule has 0 heterocycles. The van der Waals surface area contributed by atoms with E-state index in [2.05, 4.69) is 4.72 Å². The summed E-state index contributed by atoms with van der Waals surface area (Å²) in [6, 6.07) is 6.39. The van der Waals surface area contributed by atoms with E-state index in [9.17, 15) is 8.42 Å². The van der Waals surface area contributed by atoms with Crippen LogP contribution in [0.25, 0.3) is 0 Å². The fraction of sp³-hybridized carbons (Fsp3) is 0.600. The molecule has 120 valence electrons. The van der Waals surface area contributed by atoms with Crippen molar-refractivity contribution in [1.29, 1.82) is 0 Å². The Morgan fingerprint density at radius 1 is 1.29 bits per heavy atom. The normalized spacial score (nSPS) is 15.0. The largest absolute Gasteiger partial charge is 0.494 e. The summed E-state index contributed by atoms with van der Waals surface area (Å²) in [5.74, 6) is 1.00. The summed E-state index contributed by atoms with van der Waals surface area (Å²) in [6.45, 7) is 8.59. The van der Waals surface area contributed by atoms with E-state index in [1.807, 2.05) is 27.7 Å². The molecular weight excluding hydrogens is 288 g/mol. The number of benzene rings is 1. The molecule has 0 aliphatic rings. The zero-order chi connectivity index (χ0) is 16.1. The van der Waals surface area contributed by atoms with E-state index in [4.69, 9.17) is 10.5 Å². The Morgan fingerprint density at radius 2 is 1.86 bits per heavy atom. The Hall–Kier alpha value is -1.11. The predicted octanol–water partition coefficient (Wildman–Crippen LogP) is 2.13. The molecule has 1 rings (SSSR count). The lowest BCUT2D eigenvalue weighted by Crippen LogP contribution is -2.51. The quantitative estimate of drug-likeness (QED) is 0.770. The Morgan fingerprint density at radius 3 is 2.29 bits per heavy atom. The molecule has 0 spiro atoms. The Balaban J connectivity index is 2.94. The number of ether oxygens (including phenoxy) is 1. The second-order valence-corrected chi connectivity index (χ2v) is 7.56. The van der Waals surface area contributed by atoms with Crippen molar-refractivity contribution in [3.8, 4) is 5.75 Å². The van der Waals surface area contributed by atoms with E-state index < -0.39 is 15.6 Å². The standard InChI is InChI=1S/C15H26N2O3S/c1-5-20-13-6-8-14(9-7-13)21(18,19)17-15(4,11-16)10-12(2)3/h6-9,12,17H,5,10-11,16H2,1-4H3. The van der Waals surface area contributed by atoms with Gasteiger partial charge in [-0.15, -0.1) is 0 Å². The van der Waals surface area contributed by atoms with Crippen LogP contribution in [0.5, 0.6) is 5.75 Å². The summed E-state index contributed by atoms with van der Waals surface area (Å²) in [5.41, 5.74) is 5.11. The molecule has 0 radical (unpaired) electrons. The number of rotatable bonds is 8. The first-order chi connectivity index (χ1) is 9.72. The van der Waals surface area contributed by atoms with Crippen molar-refractivity contribution in [3.63, 3.8) is 0 Å². The van der Waals surface area contributed by atoms with Gasteiger partial charge in [-0.3, -0.25) is 0 Å². The predicted molar refractivity (Wildman–Crippen MR) is 84.8 cm³/mol. The van der Waals surface area contributed by atoms with Gasteiger partial charge >= 0.3 is 0 Å². The first-order valence-electron chi connectivity index (χ1n) is 7.19. The van der Waals surface area contributed by atoms with E-state index in [0.29, 0.717) is 24.7 Å². The van der Waals surface area contributed by atoms with Crippen LogP contribution in [0.4, 0.5) is 0 Å². The zero-order valence-corrected chi connectivity index (χ0v) is 14.0. The van der Waals surface area contributed by atoms with Crippen molar-refractivity contribution < 1.29 is 13.2 Å². The van der Waals surface area contributed by atoms with Gasteiger partial charge < -0.3 is 10.5 Å². The van der Waals surface area contributed by atoms with E-state index in [0.717, 1.165) is 0 Å². The van der Waals surface area contributed by atoms with Gasteiger partial charge in [-0.25, -0.2) is 13.1 Å². The van der Waals surface area contributed by atoms with Gasteiger partial charge in [0.15, 0.2) is 0 Å². The van der Waals surface area contributed by atoms with Gasteiger partial charge in [0.1, 0.15) is 5.75 Å². The SMILES string of the molecule is CCOc1ccc(S(=O)(=O)NC(C)(CN)CC(C)C)cc1. The van der Waals surface area contributed by atoms with E-state index in [1.165, 1.54) is 0 Å². The second-order valence-electron chi connectivity index (χ2n) is 5.87. The summed E-state index contributed by atoms with van der Waals surface area (Å²) in [5, 5.41) is 0. The Kier molecular flexibility index (Phi) is 6.19.